The summed E-state index contributed by atoms with van der Waals surface area (Å²) in [5.74, 6) is 0.0368. The Bertz CT molecular complexity index is 808. The first kappa shape index (κ1) is 26.0. The van der Waals surface area contributed by atoms with Crippen molar-refractivity contribution in [1.82, 2.24) is 0 Å². The van der Waals surface area contributed by atoms with Crippen molar-refractivity contribution in [3.05, 3.63) is 58.7 Å². The van der Waals surface area contributed by atoms with Crippen molar-refractivity contribution in [2.45, 2.75) is 104 Å². The molecule has 0 amide bonds. The van der Waals surface area contributed by atoms with Gasteiger partial charge in [-0.25, -0.2) is 0 Å². The fourth-order valence-electron chi connectivity index (χ4n) is 4.38. The summed E-state index contributed by atoms with van der Waals surface area (Å²) in [5.41, 5.74) is 16.8. The number of nitrogens with two attached hydrogens (primary N) is 2. The summed E-state index contributed by atoms with van der Waals surface area (Å²) in [5, 5.41) is 0. The molecule has 4 N–H and O–H groups in total. The van der Waals surface area contributed by atoms with Gasteiger partial charge in [0.2, 0.25) is 0 Å². The van der Waals surface area contributed by atoms with Gasteiger partial charge >= 0.3 is 0 Å². The average molecular weight is 437 g/mol. The van der Waals surface area contributed by atoms with Crippen molar-refractivity contribution in [3.63, 3.8) is 0 Å². The molecule has 0 aromatic heterocycles. The van der Waals surface area contributed by atoms with Crippen LogP contribution in [0.25, 0.3) is 0 Å². The normalized spacial score (nSPS) is 11.1. The van der Waals surface area contributed by atoms with Crippen LogP contribution in [0.2, 0.25) is 0 Å². The van der Waals surface area contributed by atoms with E-state index < -0.39 is 0 Å². The van der Waals surface area contributed by atoms with Crippen LogP contribution in [0.4, 0.5) is 11.4 Å². The highest BCUT2D eigenvalue weighted by Crippen LogP contribution is 2.23. The molecule has 2 aromatic carbocycles. The number of carbonyl (C=O) groups excluding carboxylic acids is 1. The van der Waals surface area contributed by atoms with Crippen LogP contribution in [0, 0.1) is 0 Å². The van der Waals surface area contributed by atoms with Crippen LogP contribution in [0.3, 0.4) is 0 Å². The largest absolute Gasteiger partial charge is 0.399 e. The number of anilines is 2. The predicted molar refractivity (Wildman–Crippen MR) is 139 cm³/mol. The van der Waals surface area contributed by atoms with E-state index in [9.17, 15) is 4.79 Å². The van der Waals surface area contributed by atoms with Crippen LogP contribution < -0.4 is 11.5 Å². The minimum Gasteiger partial charge on any atom is -0.399 e. The molecule has 0 atom stereocenters. The summed E-state index contributed by atoms with van der Waals surface area (Å²) in [6, 6.07) is 11.7. The van der Waals surface area contributed by atoms with E-state index >= 15 is 0 Å². The second kappa shape index (κ2) is 14.7. The van der Waals surface area contributed by atoms with E-state index in [1.807, 2.05) is 0 Å². The van der Waals surface area contributed by atoms with Crippen molar-refractivity contribution in [2.75, 3.05) is 11.5 Å². The zero-order valence-corrected chi connectivity index (χ0v) is 20.4. The lowest BCUT2D eigenvalue weighted by Gasteiger charge is -2.13. The molecular formula is C29H44N2O. The summed E-state index contributed by atoms with van der Waals surface area (Å²) in [7, 11) is 0. The molecule has 0 spiro atoms. The Labute approximate surface area is 196 Å². The molecule has 2 rings (SSSR count). The molecular weight excluding hydrogens is 392 g/mol. The third-order valence-electron chi connectivity index (χ3n) is 6.28. The Morgan fingerprint density at radius 3 is 1.78 bits per heavy atom. The molecule has 32 heavy (non-hydrogen) atoms. The highest BCUT2D eigenvalue weighted by molar-refractivity contribution is 6.11. The maximum absolute atomic E-state index is 13.4. The van der Waals surface area contributed by atoms with Gasteiger partial charge < -0.3 is 11.5 Å². The van der Waals surface area contributed by atoms with Crippen LogP contribution in [-0.2, 0) is 12.8 Å². The molecule has 3 heteroatoms. The van der Waals surface area contributed by atoms with Crippen molar-refractivity contribution >= 4 is 17.2 Å². The first-order valence-electron chi connectivity index (χ1n) is 12.9. The Morgan fingerprint density at radius 2 is 1.19 bits per heavy atom. The van der Waals surface area contributed by atoms with E-state index in [0.717, 1.165) is 30.4 Å². The maximum atomic E-state index is 13.4. The van der Waals surface area contributed by atoms with E-state index in [1.165, 1.54) is 76.2 Å². The molecule has 0 saturated heterocycles. The summed E-state index contributed by atoms with van der Waals surface area (Å²) in [6.07, 6.45) is 17.2. The third-order valence-corrected chi connectivity index (χ3v) is 6.28. The number of hydrogen-bond donors (Lipinski definition) is 2. The van der Waals surface area contributed by atoms with Crippen LogP contribution in [0.15, 0.2) is 36.4 Å². The number of hydrogen-bond acceptors (Lipinski definition) is 3. The number of nitrogen functional groups attached to an aromatic ring is 2. The number of ketones is 1. The zero-order valence-electron chi connectivity index (χ0n) is 20.4. The van der Waals surface area contributed by atoms with Crippen molar-refractivity contribution in [1.29, 1.82) is 0 Å². The van der Waals surface area contributed by atoms with Gasteiger partial charge in [0.25, 0.3) is 0 Å². The van der Waals surface area contributed by atoms with Gasteiger partial charge in [0.1, 0.15) is 0 Å². The van der Waals surface area contributed by atoms with Crippen LogP contribution in [0.5, 0.6) is 0 Å². The molecule has 0 fully saturated rings. The molecule has 176 valence electrons. The van der Waals surface area contributed by atoms with Gasteiger partial charge in [-0.3, -0.25) is 4.79 Å². The maximum Gasteiger partial charge on any atom is 0.193 e. The SMILES string of the molecule is CCCCCCCCc1ccc(CCCCCCCC)c(C(=O)c2cc(N)cc(N)c2)c1. The Hall–Kier alpha value is -2.29. The Balaban J connectivity index is 2.10. The Kier molecular flexibility index (Phi) is 11.9. The minimum absolute atomic E-state index is 0.0368. The molecule has 0 aliphatic heterocycles. The third kappa shape index (κ3) is 9.06. The summed E-state index contributed by atoms with van der Waals surface area (Å²) in [6.45, 7) is 4.49. The monoisotopic (exact) mass is 436 g/mol. The number of carbonyl (C=O) groups is 1. The fraction of sp³-hybridized carbons (Fsp3) is 0.552. The number of unbranched alkanes of at least 4 members (excludes halogenated alkanes) is 10. The topological polar surface area (TPSA) is 69.1 Å². The van der Waals surface area contributed by atoms with E-state index in [1.54, 1.807) is 18.2 Å². The fourth-order valence-corrected chi connectivity index (χ4v) is 4.38. The molecule has 3 nitrogen and oxygen atoms in total. The second-order valence-electron chi connectivity index (χ2n) is 9.24. The predicted octanol–water partition coefficient (Wildman–Crippen LogP) is 7.89. The van der Waals surface area contributed by atoms with Gasteiger partial charge in [0.15, 0.2) is 5.78 Å². The average Bonchev–Trinajstić information content (AvgIpc) is 2.78. The van der Waals surface area contributed by atoms with E-state index in [2.05, 4.69) is 32.0 Å². The van der Waals surface area contributed by atoms with E-state index in [-0.39, 0.29) is 5.78 Å². The number of rotatable bonds is 16. The first-order valence-corrected chi connectivity index (χ1v) is 12.9. The Morgan fingerprint density at radius 1 is 0.656 bits per heavy atom. The highest BCUT2D eigenvalue weighted by atomic mass is 16.1. The van der Waals surface area contributed by atoms with Gasteiger partial charge in [-0.05, 0) is 61.1 Å². The summed E-state index contributed by atoms with van der Waals surface area (Å²) >= 11 is 0. The van der Waals surface area contributed by atoms with Crippen molar-refractivity contribution in [3.8, 4) is 0 Å². The molecule has 0 saturated carbocycles. The molecule has 0 heterocycles. The van der Waals surface area contributed by atoms with Gasteiger partial charge in [-0.15, -0.1) is 0 Å². The van der Waals surface area contributed by atoms with E-state index in [0.29, 0.717) is 16.9 Å². The van der Waals surface area contributed by atoms with Crippen LogP contribution in [-0.4, -0.2) is 5.78 Å². The smallest absolute Gasteiger partial charge is 0.193 e. The molecule has 0 radical (unpaired) electrons. The quantitative estimate of drug-likeness (QED) is 0.160. The van der Waals surface area contributed by atoms with Crippen molar-refractivity contribution < 1.29 is 4.79 Å². The van der Waals surface area contributed by atoms with E-state index in [4.69, 9.17) is 11.5 Å². The van der Waals surface area contributed by atoms with Gasteiger partial charge in [0, 0.05) is 22.5 Å². The van der Waals surface area contributed by atoms with Crippen molar-refractivity contribution in [2.24, 2.45) is 0 Å². The van der Waals surface area contributed by atoms with Gasteiger partial charge in [0.05, 0.1) is 0 Å². The lowest BCUT2D eigenvalue weighted by Crippen LogP contribution is -2.08. The lowest BCUT2D eigenvalue weighted by atomic mass is 9.91. The summed E-state index contributed by atoms with van der Waals surface area (Å²) in [4.78, 5) is 13.4. The summed E-state index contributed by atoms with van der Waals surface area (Å²) < 4.78 is 0. The van der Waals surface area contributed by atoms with Gasteiger partial charge in [-0.2, -0.15) is 0 Å². The highest BCUT2D eigenvalue weighted by Gasteiger charge is 2.16. The first-order chi connectivity index (χ1) is 15.5. The molecule has 0 aliphatic rings. The lowest BCUT2D eigenvalue weighted by molar-refractivity contribution is 0.103. The van der Waals surface area contributed by atoms with Gasteiger partial charge in [-0.1, -0.05) is 90.2 Å². The van der Waals surface area contributed by atoms with Crippen LogP contribution in [0.1, 0.15) is 118 Å². The molecule has 0 aliphatic carbocycles. The zero-order chi connectivity index (χ0) is 23.2. The molecule has 0 bridgehead atoms. The molecule has 0 unspecified atom stereocenters. The number of aryl methyl sites for hydroxylation is 2. The second-order valence-corrected chi connectivity index (χ2v) is 9.24. The number of benzene rings is 2. The minimum atomic E-state index is 0.0368. The standard InChI is InChI=1S/C29H44N2O/c1-3-5-7-9-11-13-15-23-17-18-24(16-14-12-10-8-6-4-2)28(19-23)29(32)25-20-26(30)22-27(31)21-25/h17-22H,3-16,30-31H2,1-2H3. The molecule has 2 aromatic rings. The van der Waals surface area contributed by atoms with Crippen LogP contribution >= 0.6 is 0 Å².